The highest BCUT2D eigenvalue weighted by Crippen LogP contribution is 2.27. The maximum absolute atomic E-state index is 12.3. The van der Waals surface area contributed by atoms with Gasteiger partial charge in [0.1, 0.15) is 0 Å². The van der Waals surface area contributed by atoms with E-state index >= 15 is 0 Å². The molecule has 1 saturated heterocycles. The van der Waals surface area contributed by atoms with Crippen molar-refractivity contribution in [2.24, 2.45) is 5.92 Å². The largest absolute Gasteiger partial charge is 0.376 e. The molecule has 1 aromatic rings. The van der Waals surface area contributed by atoms with Crippen LogP contribution >= 0.6 is 23.7 Å². The van der Waals surface area contributed by atoms with Crippen LogP contribution in [0.25, 0.3) is 0 Å². The first-order chi connectivity index (χ1) is 9.24. The average Bonchev–Trinajstić information content (AvgIpc) is 2.85. The van der Waals surface area contributed by atoms with E-state index in [1.54, 1.807) is 11.3 Å². The van der Waals surface area contributed by atoms with Crippen LogP contribution in [0, 0.1) is 5.92 Å². The van der Waals surface area contributed by atoms with Crippen molar-refractivity contribution in [3.8, 4) is 0 Å². The van der Waals surface area contributed by atoms with Gasteiger partial charge in [-0.05, 0) is 30.5 Å². The van der Waals surface area contributed by atoms with E-state index in [0.717, 1.165) is 37.4 Å². The van der Waals surface area contributed by atoms with Crippen LogP contribution in [0.3, 0.4) is 0 Å². The molecule has 3 rings (SSSR count). The van der Waals surface area contributed by atoms with Crippen molar-refractivity contribution >= 4 is 29.7 Å². The Morgan fingerprint density at radius 1 is 1.55 bits per heavy atom. The minimum atomic E-state index is 0. The number of carbonyl (C=O) groups is 1. The number of thiophene rings is 1. The molecule has 2 N–H and O–H groups in total. The summed E-state index contributed by atoms with van der Waals surface area (Å²) in [5.41, 5.74) is 1.19. The molecule has 0 aliphatic carbocycles. The molecule has 2 unspecified atom stereocenters. The molecule has 0 aromatic carbocycles. The summed E-state index contributed by atoms with van der Waals surface area (Å²) < 4.78 is 5.42. The molecule has 2 aliphatic rings. The number of carbonyl (C=O) groups excluding carboxylic acids is 1. The minimum Gasteiger partial charge on any atom is -0.376 e. The van der Waals surface area contributed by atoms with Crippen molar-refractivity contribution in [1.82, 2.24) is 10.6 Å². The predicted octanol–water partition coefficient (Wildman–Crippen LogP) is 1.97. The van der Waals surface area contributed by atoms with Crippen LogP contribution in [0.5, 0.6) is 0 Å². The van der Waals surface area contributed by atoms with Crippen molar-refractivity contribution in [1.29, 1.82) is 0 Å². The van der Waals surface area contributed by atoms with Gasteiger partial charge in [-0.2, -0.15) is 0 Å². The van der Waals surface area contributed by atoms with Gasteiger partial charge in [0.2, 0.25) is 0 Å². The fraction of sp³-hybridized carbons (Fsp3) is 0.643. The monoisotopic (exact) mass is 316 g/mol. The van der Waals surface area contributed by atoms with Crippen LogP contribution in [0.1, 0.15) is 33.5 Å². The van der Waals surface area contributed by atoms with Gasteiger partial charge in [0, 0.05) is 23.9 Å². The zero-order valence-electron chi connectivity index (χ0n) is 11.6. The van der Waals surface area contributed by atoms with Crippen molar-refractivity contribution in [2.45, 2.75) is 32.4 Å². The SMILES string of the molecule is CC1CCNCC1NC(=O)c1cc2c(s1)CCOC2.Cl. The maximum atomic E-state index is 12.3. The molecule has 0 spiro atoms. The predicted molar refractivity (Wildman–Crippen MR) is 82.8 cm³/mol. The van der Waals surface area contributed by atoms with Crippen molar-refractivity contribution in [3.63, 3.8) is 0 Å². The summed E-state index contributed by atoms with van der Waals surface area (Å²) in [4.78, 5) is 14.4. The number of rotatable bonds is 2. The molecule has 1 amide bonds. The Labute approximate surface area is 129 Å². The molecule has 1 aromatic heterocycles. The molecule has 0 saturated carbocycles. The summed E-state index contributed by atoms with van der Waals surface area (Å²) in [6.45, 7) is 5.57. The smallest absolute Gasteiger partial charge is 0.261 e. The topological polar surface area (TPSA) is 50.4 Å². The van der Waals surface area contributed by atoms with Crippen LogP contribution in [-0.4, -0.2) is 31.6 Å². The lowest BCUT2D eigenvalue weighted by molar-refractivity contribution is 0.0919. The molecule has 0 bridgehead atoms. The Morgan fingerprint density at radius 2 is 2.40 bits per heavy atom. The standard InChI is InChI=1S/C14H20N2O2S.ClH/c1-9-2-4-15-7-11(9)16-14(17)13-6-10-8-18-5-3-12(10)19-13;/h6,9,11,15H,2-5,7-8H2,1H3,(H,16,17);1H. The second kappa shape index (κ2) is 6.89. The van der Waals surface area contributed by atoms with E-state index in [1.807, 2.05) is 6.07 Å². The molecule has 112 valence electrons. The van der Waals surface area contributed by atoms with Gasteiger partial charge >= 0.3 is 0 Å². The van der Waals surface area contributed by atoms with Gasteiger partial charge in [0.15, 0.2) is 0 Å². The highest BCUT2D eigenvalue weighted by atomic mass is 35.5. The van der Waals surface area contributed by atoms with Gasteiger partial charge in [-0.1, -0.05) is 6.92 Å². The Balaban J connectivity index is 0.00000147. The fourth-order valence-electron chi connectivity index (χ4n) is 2.68. The Kier molecular flexibility index (Phi) is 5.43. The maximum Gasteiger partial charge on any atom is 0.261 e. The molecule has 20 heavy (non-hydrogen) atoms. The third-order valence-electron chi connectivity index (χ3n) is 4.00. The molecule has 4 nitrogen and oxygen atoms in total. The third kappa shape index (κ3) is 3.34. The van der Waals surface area contributed by atoms with Crippen LogP contribution in [0.2, 0.25) is 0 Å². The number of fused-ring (bicyclic) bond motifs is 1. The zero-order chi connectivity index (χ0) is 13.2. The Bertz CT molecular complexity index is 454. The first-order valence-electron chi connectivity index (χ1n) is 6.95. The molecule has 2 aliphatic heterocycles. The highest BCUT2D eigenvalue weighted by Gasteiger charge is 2.24. The van der Waals surface area contributed by atoms with Gasteiger partial charge in [0.25, 0.3) is 5.91 Å². The van der Waals surface area contributed by atoms with Crippen LogP contribution in [0.4, 0.5) is 0 Å². The summed E-state index contributed by atoms with van der Waals surface area (Å²) in [6.07, 6.45) is 2.06. The van der Waals surface area contributed by atoms with Crippen LogP contribution in [0.15, 0.2) is 6.07 Å². The van der Waals surface area contributed by atoms with Gasteiger partial charge < -0.3 is 15.4 Å². The van der Waals surface area contributed by atoms with E-state index in [4.69, 9.17) is 4.74 Å². The summed E-state index contributed by atoms with van der Waals surface area (Å²) >= 11 is 1.62. The quantitative estimate of drug-likeness (QED) is 0.877. The molecule has 2 atom stereocenters. The van der Waals surface area contributed by atoms with E-state index in [-0.39, 0.29) is 24.4 Å². The summed E-state index contributed by atoms with van der Waals surface area (Å²) in [5, 5.41) is 6.50. The second-order valence-corrected chi connectivity index (χ2v) is 6.55. The molecule has 3 heterocycles. The van der Waals surface area contributed by atoms with Crippen LogP contribution < -0.4 is 10.6 Å². The van der Waals surface area contributed by atoms with E-state index in [2.05, 4.69) is 17.6 Å². The third-order valence-corrected chi connectivity index (χ3v) is 5.23. The molecular formula is C14H21ClN2O2S. The molecule has 0 radical (unpaired) electrons. The fourth-order valence-corrected chi connectivity index (χ4v) is 3.73. The molecular weight excluding hydrogens is 296 g/mol. The Morgan fingerprint density at radius 3 is 3.15 bits per heavy atom. The molecule has 1 fully saturated rings. The number of amides is 1. The van der Waals surface area contributed by atoms with Crippen molar-refractivity contribution < 1.29 is 9.53 Å². The first-order valence-corrected chi connectivity index (χ1v) is 7.76. The number of piperidine rings is 1. The Hall–Kier alpha value is -0.620. The van der Waals surface area contributed by atoms with Crippen molar-refractivity contribution in [2.75, 3.05) is 19.7 Å². The summed E-state index contributed by atoms with van der Waals surface area (Å²) in [7, 11) is 0. The average molecular weight is 317 g/mol. The summed E-state index contributed by atoms with van der Waals surface area (Å²) in [6, 6.07) is 2.24. The highest BCUT2D eigenvalue weighted by molar-refractivity contribution is 7.14. The number of ether oxygens (including phenoxy) is 1. The van der Waals surface area contributed by atoms with E-state index in [0.29, 0.717) is 12.5 Å². The van der Waals surface area contributed by atoms with Gasteiger partial charge in [0.05, 0.1) is 18.1 Å². The summed E-state index contributed by atoms with van der Waals surface area (Å²) in [5.74, 6) is 0.614. The van der Waals surface area contributed by atoms with Crippen molar-refractivity contribution in [3.05, 3.63) is 21.4 Å². The number of hydrogen-bond donors (Lipinski definition) is 2. The van der Waals surface area contributed by atoms with E-state index in [9.17, 15) is 4.79 Å². The van der Waals surface area contributed by atoms with Gasteiger partial charge in [-0.25, -0.2) is 0 Å². The normalized spacial score (nSPS) is 25.4. The van der Waals surface area contributed by atoms with Gasteiger partial charge in [-0.3, -0.25) is 4.79 Å². The van der Waals surface area contributed by atoms with E-state index in [1.165, 1.54) is 10.4 Å². The lowest BCUT2D eigenvalue weighted by Crippen LogP contribution is -2.50. The lowest BCUT2D eigenvalue weighted by Gasteiger charge is -2.30. The molecule has 6 heteroatoms. The van der Waals surface area contributed by atoms with Crippen LogP contribution in [-0.2, 0) is 17.8 Å². The number of halogens is 1. The zero-order valence-corrected chi connectivity index (χ0v) is 13.2. The number of nitrogens with one attached hydrogen (secondary N) is 2. The lowest BCUT2D eigenvalue weighted by atomic mass is 9.95. The first kappa shape index (κ1) is 15.8. The number of hydrogen-bond acceptors (Lipinski definition) is 4. The van der Waals surface area contributed by atoms with E-state index < -0.39 is 0 Å². The van der Waals surface area contributed by atoms with Gasteiger partial charge in [-0.15, -0.1) is 23.7 Å². The second-order valence-electron chi connectivity index (χ2n) is 5.41. The minimum absolute atomic E-state index is 0.